The van der Waals surface area contributed by atoms with Crippen LogP contribution in [0.1, 0.15) is 19.4 Å². The number of aryl methyl sites for hydroxylation is 1. The maximum Gasteiger partial charge on any atom is 0.242 e. The number of carbonyl (C=O) groups excluding carboxylic acids is 1. The molecule has 0 saturated carbocycles. The highest BCUT2D eigenvalue weighted by Gasteiger charge is 2.26. The van der Waals surface area contributed by atoms with Gasteiger partial charge in [-0.1, -0.05) is 6.07 Å². The molecule has 7 nitrogen and oxygen atoms in total. The van der Waals surface area contributed by atoms with E-state index in [9.17, 15) is 13.2 Å². The SMILES string of the molecule is Cc1ccc(S(=O)(=O)N(C)C)cc1NC(=O)C(C)N1CCOC(C)C1. The summed E-state index contributed by atoms with van der Waals surface area (Å²) in [5, 5.41) is 2.87. The zero-order valence-corrected chi connectivity index (χ0v) is 16.3. The van der Waals surface area contributed by atoms with Crippen molar-refractivity contribution in [1.29, 1.82) is 0 Å². The van der Waals surface area contributed by atoms with Crippen molar-refractivity contribution in [3.8, 4) is 0 Å². The number of hydrogen-bond donors (Lipinski definition) is 1. The number of ether oxygens (including phenoxy) is 1. The Kier molecular flexibility index (Phi) is 6.21. The van der Waals surface area contributed by atoms with E-state index in [4.69, 9.17) is 4.74 Å². The van der Waals surface area contributed by atoms with Crippen LogP contribution in [-0.4, -0.2) is 69.5 Å². The predicted octanol–water partition coefficient (Wildman–Crippen LogP) is 1.29. The highest BCUT2D eigenvalue weighted by atomic mass is 32.2. The average Bonchev–Trinajstić information content (AvgIpc) is 2.55. The fourth-order valence-electron chi connectivity index (χ4n) is 2.71. The number of carbonyl (C=O) groups is 1. The standard InChI is InChI=1S/C17H27N3O4S/c1-12-6-7-15(25(22,23)19(4)5)10-16(12)18-17(21)14(3)20-8-9-24-13(2)11-20/h6-7,10,13-14H,8-9,11H2,1-5H3,(H,18,21). The summed E-state index contributed by atoms with van der Waals surface area (Å²) < 4.78 is 31.2. The van der Waals surface area contributed by atoms with E-state index in [0.717, 1.165) is 9.87 Å². The highest BCUT2D eigenvalue weighted by Crippen LogP contribution is 2.22. The Labute approximate surface area is 150 Å². The summed E-state index contributed by atoms with van der Waals surface area (Å²) in [6, 6.07) is 4.44. The first-order valence-corrected chi connectivity index (χ1v) is 9.76. The van der Waals surface area contributed by atoms with Gasteiger partial charge in [-0.25, -0.2) is 12.7 Å². The minimum absolute atomic E-state index is 0.0966. The summed E-state index contributed by atoms with van der Waals surface area (Å²) in [6.45, 7) is 7.67. The average molecular weight is 369 g/mol. The van der Waals surface area contributed by atoms with Crippen molar-refractivity contribution in [2.75, 3.05) is 39.1 Å². The molecule has 0 radical (unpaired) electrons. The number of amides is 1. The van der Waals surface area contributed by atoms with Crippen LogP contribution in [0.15, 0.2) is 23.1 Å². The fraction of sp³-hybridized carbons (Fsp3) is 0.588. The van der Waals surface area contributed by atoms with Gasteiger partial charge < -0.3 is 10.1 Å². The van der Waals surface area contributed by atoms with Crippen molar-refractivity contribution in [3.63, 3.8) is 0 Å². The zero-order chi connectivity index (χ0) is 18.8. The molecular formula is C17H27N3O4S. The number of hydrogen-bond acceptors (Lipinski definition) is 5. The lowest BCUT2D eigenvalue weighted by atomic mass is 10.1. The van der Waals surface area contributed by atoms with Gasteiger partial charge in [0, 0.05) is 32.9 Å². The Morgan fingerprint density at radius 3 is 2.68 bits per heavy atom. The summed E-state index contributed by atoms with van der Waals surface area (Å²) in [6.07, 6.45) is 0.0966. The highest BCUT2D eigenvalue weighted by molar-refractivity contribution is 7.89. The normalized spacial score (nSPS) is 20.5. The minimum Gasteiger partial charge on any atom is -0.376 e. The first-order chi connectivity index (χ1) is 11.6. The second-order valence-corrected chi connectivity index (χ2v) is 8.76. The Balaban J connectivity index is 2.17. The number of benzene rings is 1. The van der Waals surface area contributed by atoms with Gasteiger partial charge in [0.2, 0.25) is 15.9 Å². The topological polar surface area (TPSA) is 79.0 Å². The fourth-order valence-corrected chi connectivity index (χ4v) is 3.64. The van der Waals surface area contributed by atoms with E-state index in [2.05, 4.69) is 10.2 Å². The third-order valence-corrected chi connectivity index (χ3v) is 6.26. The number of anilines is 1. The summed E-state index contributed by atoms with van der Waals surface area (Å²) in [7, 11) is -0.582. The smallest absolute Gasteiger partial charge is 0.242 e. The van der Waals surface area contributed by atoms with E-state index in [-0.39, 0.29) is 22.9 Å². The molecule has 0 aromatic heterocycles. The van der Waals surface area contributed by atoms with Gasteiger partial charge in [0.05, 0.1) is 23.6 Å². The molecule has 0 bridgehead atoms. The summed E-state index contributed by atoms with van der Waals surface area (Å²) in [5.74, 6) is -0.156. The maximum atomic E-state index is 12.6. The number of nitrogens with one attached hydrogen (secondary N) is 1. The van der Waals surface area contributed by atoms with Gasteiger partial charge in [0.15, 0.2) is 0 Å². The lowest BCUT2D eigenvalue weighted by molar-refractivity contribution is -0.123. The molecule has 1 aromatic carbocycles. The summed E-state index contributed by atoms with van der Waals surface area (Å²) in [5.41, 5.74) is 1.33. The van der Waals surface area contributed by atoms with E-state index in [1.54, 1.807) is 12.1 Å². The Bertz CT molecular complexity index is 733. The molecule has 2 unspecified atom stereocenters. The van der Waals surface area contributed by atoms with Crippen LogP contribution in [0.5, 0.6) is 0 Å². The third kappa shape index (κ3) is 4.58. The van der Waals surface area contributed by atoms with Gasteiger partial charge in [-0.3, -0.25) is 9.69 Å². The second-order valence-electron chi connectivity index (χ2n) is 6.61. The molecule has 2 rings (SSSR count). The lowest BCUT2D eigenvalue weighted by Gasteiger charge is -2.34. The van der Waals surface area contributed by atoms with Crippen LogP contribution >= 0.6 is 0 Å². The molecule has 140 valence electrons. The van der Waals surface area contributed by atoms with Gasteiger partial charge in [-0.05, 0) is 38.5 Å². The van der Waals surface area contributed by atoms with E-state index in [1.807, 2.05) is 20.8 Å². The summed E-state index contributed by atoms with van der Waals surface area (Å²) >= 11 is 0. The monoisotopic (exact) mass is 369 g/mol. The van der Waals surface area contributed by atoms with Crippen LogP contribution in [-0.2, 0) is 19.6 Å². The maximum absolute atomic E-state index is 12.6. The molecule has 1 amide bonds. The van der Waals surface area contributed by atoms with E-state index in [1.165, 1.54) is 20.2 Å². The van der Waals surface area contributed by atoms with Crippen molar-refractivity contribution in [2.45, 2.75) is 37.8 Å². The molecule has 1 aliphatic heterocycles. The molecule has 25 heavy (non-hydrogen) atoms. The van der Waals surface area contributed by atoms with Crippen LogP contribution in [0.25, 0.3) is 0 Å². The van der Waals surface area contributed by atoms with Crippen LogP contribution in [0.2, 0.25) is 0 Å². The zero-order valence-electron chi connectivity index (χ0n) is 15.4. The number of morpholine rings is 1. The van der Waals surface area contributed by atoms with Crippen LogP contribution in [0.4, 0.5) is 5.69 Å². The van der Waals surface area contributed by atoms with Gasteiger partial charge in [0.25, 0.3) is 0 Å². The molecule has 1 heterocycles. The van der Waals surface area contributed by atoms with E-state index >= 15 is 0 Å². The molecule has 8 heteroatoms. The Morgan fingerprint density at radius 2 is 2.08 bits per heavy atom. The number of nitrogens with zero attached hydrogens (tertiary/aromatic N) is 2. The third-order valence-electron chi connectivity index (χ3n) is 4.45. The first kappa shape index (κ1) is 19.8. The van der Waals surface area contributed by atoms with Crippen molar-refractivity contribution in [2.24, 2.45) is 0 Å². The molecule has 0 spiro atoms. The van der Waals surface area contributed by atoms with Gasteiger partial charge in [-0.15, -0.1) is 0 Å². The van der Waals surface area contributed by atoms with Crippen LogP contribution < -0.4 is 5.32 Å². The first-order valence-electron chi connectivity index (χ1n) is 8.32. The molecule has 1 saturated heterocycles. The lowest BCUT2D eigenvalue weighted by Crippen LogP contribution is -2.50. The molecule has 1 aliphatic rings. The second kappa shape index (κ2) is 7.82. The molecule has 1 aromatic rings. The van der Waals surface area contributed by atoms with Crippen molar-refractivity contribution >= 4 is 21.6 Å². The van der Waals surface area contributed by atoms with Crippen molar-refractivity contribution in [1.82, 2.24) is 9.21 Å². The van der Waals surface area contributed by atoms with Crippen molar-refractivity contribution in [3.05, 3.63) is 23.8 Å². The van der Waals surface area contributed by atoms with Gasteiger partial charge >= 0.3 is 0 Å². The predicted molar refractivity (Wildman–Crippen MR) is 97.1 cm³/mol. The largest absolute Gasteiger partial charge is 0.376 e. The van der Waals surface area contributed by atoms with Gasteiger partial charge in [0.1, 0.15) is 0 Å². The summed E-state index contributed by atoms with van der Waals surface area (Å²) in [4.78, 5) is 14.8. The number of rotatable bonds is 5. The quantitative estimate of drug-likeness (QED) is 0.846. The van der Waals surface area contributed by atoms with E-state index in [0.29, 0.717) is 25.4 Å². The molecular weight excluding hydrogens is 342 g/mol. The Hall–Kier alpha value is -1.48. The molecule has 1 fully saturated rings. The minimum atomic E-state index is -3.54. The van der Waals surface area contributed by atoms with Gasteiger partial charge in [-0.2, -0.15) is 0 Å². The molecule has 2 atom stereocenters. The molecule has 0 aliphatic carbocycles. The van der Waals surface area contributed by atoms with E-state index < -0.39 is 10.0 Å². The number of sulfonamides is 1. The van der Waals surface area contributed by atoms with Crippen LogP contribution in [0.3, 0.4) is 0 Å². The van der Waals surface area contributed by atoms with Crippen LogP contribution in [0, 0.1) is 6.92 Å². The molecule has 1 N–H and O–H groups in total. The Morgan fingerprint density at radius 1 is 1.40 bits per heavy atom. The van der Waals surface area contributed by atoms with Crippen molar-refractivity contribution < 1.29 is 17.9 Å².